The molecule has 0 aliphatic carbocycles. The maximum atomic E-state index is 12.1. The van der Waals surface area contributed by atoms with E-state index in [4.69, 9.17) is 22.1 Å². The zero-order chi connectivity index (χ0) is 14.7. The molecule has 0 saturated carbocycles. The van der Waals surface area contributed by atoms with E-state index in [0.717, 1.165) is 5.56 Å². The van der Waals surface area contributed by atoms with Gasteiger partial charge in [0.05, 0.1) is 17.8 Å². The van der Waals surface area contributed by atoms with Crippen LogP contribution in [0.1, 0.15) is 15.9 Å². The molecule has 0 aromatic heterocycles. The number of carbonyl (C=O) groups excluding carboxylic acids is 1. The summed E-state index contributed by atoms with van der Waals surface area (Å²) in [6.07, 6.45) is 0. The summed E-state index contributed by atoms with van der Waals surface area (Å²) in [5, 5.41) is 3.17. The van der Waals surface area contributed by atoms with Crippen molar-refractivity contribution in [1.29, 1.82) is 0 Å². The number of rotatable bonds is 3. The molecule has 0 bridgehead atoms. The van der Waals surface area contributed by atoms with Gasteiger partial charge in [-0.3, -0.25) is 4.79 Å². The normalized spacial score (nSPS) is 10.2. The van der Waals surface area contributed by atoms with Crippen molar-refractivity contribution in [2.75, 3.05) is 18.2 Å². The van der Waals surface area contributed by atoms with Crippen LogP contribution >= 0.6 is 11.6 Å². The van der Waals surface area contributed by atoms with E-state index in [9.17, 15) is 4.79 Å². The van der Waals surface area contributed by atoms with Gasteiger partial charge < -0.3 is 15.8 Å². The van der Waals surface area contributed by atoms with Crippen molar-refractivity contribution in [3.05, 3.63) is 52.5 Å². The average molecular weight is 291 g/mol. The van der Waals surface area contributed by atoms with Gasteiger partial charge in [0, 0.05) is 11.3 Å². The Balaban J connectivity index is 2.21. The lowest BCUT2D eigenvalue weighted by Crippen LogP contribution is -2.12. The molecule has 0 fully saturated rings. The van der Waals surface area contributed by atoms with Crippen LogP contribution in [0.2, 0.25) is 5.02 Å². The molecule has 0 saturated heterocycles. The number of nitrogens with two attached hydrogens (primary N) is 1. The van der Waals surface area contributed by atoms with Crippen LogP contribution in [0.4, 0.5) is 11.4 Å². The third-order valence-electron chi connectivity index (χ3n) is 2.93. The van der Waals surface area contributed by atoms with Crippen molar-refractivity contribution in [3.8, 4) is 5.75 Å². The highest BCUT2D eigenvalue weighted by atomic mass is 35.5. The number of aryl methyl sites for hydroxylation is 1. The van der Waals surface area contributed by atoms with Crippen LogP contribution in [-0.4, -0.2) is 13.0 Å². The highest BCUT2D eigenvalue weighted by molar-refractivity contribution is 6.33. The van der Waals surface area contributed by atoms with Crippen LogP contribution in [0.5, 0.6) is 5.75 Å². The molecule has 0 unspecified atom stereocenters. The van der Waals surface area contributed by atoms with Gasteiger partial charge in [0.1, 0.15) is 5.75 Å². The number of halogens is 1. The molecule has 0 aliphatic heterocycles. The molecule has 1 amide bonds. The van der Waals surface area contributed by atoms with Gasteiger partial charge in [0.15, 0.2) is 0 Å². The first-order chi connectivity index (χ1) is 9.51. The van der Waals surface area contributed by atoms with Gasteiger partial charge in [-0.1, -0.05) is 17.7 Å². The van der Waals surface area contributed by atoms with Crippen LogP contribution in [-0.2, 0) is 0 Å². The number of anilines is 2. The lowest BCUT2D eigenvalue weighted by molar-refractivity contribution is 0.102. The van der Waals surface area contributed by atoms with Crippen molar-refractivity contribution in [2.24, 2.45) is 0 Å². The van der Waals surface area contributed by atoms with E-state index in [-0.39, 0.29) is 5.91 Å². The van der Waals surface area contributed by atoms with Gasteiger partial charge in [0.2, 0.25) is 0 Å². The number of hydrogen-bond donors (Lipinski definition) is 2. The molecule has 2 aromatic rings. The van der Waals surface area contributed by atoms with Gasteiger partial charge in [-0.2, -0.15) is 0 Å². The Morgan fingerprint density at radius 1 is 1.25 bits per heavy atom. The molecule has 4 nitrogen and oxygen atoms in total. The van der Waals surface area contributed by atoms with Crippen LogP contribution in [0.25, 0.3) is 0 Å². The van der Waals surface area contributed by atoms with E-state index >= 15 is 0 Å². The molecule has 5 heteroatoms. The monoisotopic (exact) mass is 290 g/mol. The number of ether oxygens (including phenoxy) is 1. The van der Waals surface area contributed by atoms with Crippen LogP contribution in [0.15, 0.2) is 36.4 Å². The number of benzene rings is 2. The quantitative estimate of drug-likeness (QED) is 0.851. The van der Waals surface area contributed by atoms with Crippen molar-refractivity contribution in [1.82, 2.24) is 0 Å². The fourth-order valence-corrected chi connectivity index (χ4v) is 1.95. The zero-order valence-corrected chi connectivity index (χ0v) is 12.0. The van der Waals surface area contributed by atoms with E-state index in [1.54, 1.807) is 37.4 Å². The van der Waals surface area contributed by atoms with Gasteiger partial charge in [-0.15, -0.1) is 0 Å². The van der Waals surface area contributed by atoms with E-state index < -0.39 is 0 Å². The Morgan fingerprint density at radius 3 is 2.65 bits per heavy atom. The molecular weight excluding hydrogens is 276 g/mol. The predicted octanol–water partition coefficient (Wildman–Crippen LogP) is 3.49. The number of nitrogen functional groups attached to an aromatic ring is 1. The summed E-state index contributed by atoms with van der Waals surface area (Å²) in [6.45, 7) is 1.92. The lowest BCUT2D eigenvalue weighted by atomic mass is 10.1. The molecule has 2 aromatic carbocycles. The summed E-state index contributed by atoms with van der Waals surface area (Å²) in [4.78, 5) is 12.1. The van der Waals surface area contributed by atoms with Crippen molar-refractivity contribution >= 4 is 28.9 Å². The SMILES string of the molecule is COc1cc(C(=O)Nc2ccc(N)c(Cl)c2)ccc1C. The van der Waals surface area contributed by atoms with E-state index in [1.807, 2.05) is 13.0 Å². The maximum Gasteiger partial charge on any atom is 0.255 e. The number of hydrogen-bond acceptors (Lipinski definition) is 3. The second kappa shape index (κ2) is 5.84. The number of amides is 1. The van der Waals surface area contributed by atoms with E-state index in [2.05, 4.69) is 5.32 Å². The molecule has 104 valence electrons. The first-order valence-corrected chi connectivity index (χ1v) is 6.40. The summed E-state index contributed by atoms with van der Waals surface area (Å²) in [7, 11) is 1.57. The minimum atomic E-state index is -0.232. The predicted molar refractivity (Wildman–Crippen MR) is 81.5 cm³/mol. The number of nitrogens with one attached hydrogen (secondary N) is 1. The van der Waals surface area contributed by atoms with Gasteiger partial charge in [0.25, 0.3) is 5.91 Å². The second-order valence-electron chi connectivity index (χ2n) is 4.37. The van der Waals surface area contributed by atoms with E-state index in [0.29, 0.717) is 27.7 Å². The third-order valence-corrected chi connectivity index (χ3v) is 3.26. The summed E-state index contributed by atoms with van der Waals surface area (Å²) in [5.74, 6) is 0.442. The fraction of sp³-hybridized carbons (Fsp3) is 0.133. The van der Waals surface area contributed by atoms with Gasteiger partial charge in [-0.25, -0.2) is 0 Å². The summed E-state index contributed by atoms with van der Waals surface area (Å²) < 4.78 is 5.20. The minimum absolute atomic E-state index is 0.232. The maximum absolute atomic E-state index is 12.1. The van der Waals surface area contributed by atoms with Crippen LogP contribution in [0, 0.1) is 6.92 Å². The zero-order valence-electron chi connectivity index (χ0n) is 11.2. The molecule has 2 rings (SSSR count). The average Bonchev–Trinajstić information content (AvgIpc) is 2.43. The number of carbonyl (C=O) groups is 1. The molecular formula is C15H15ClN2O2. The molecule has 0 atom stereocenters. The topological polar surface area (TPSA) is 64.3 Å². The van der Waals surface area contributed by atoms with Gasteiger partial charge >= 0.3 is 0 Å². The van der Waals surface area contributed by atoms with Crippen LogP contribution in [0.3, 0.4) is 0 Å². The first-order valence-electron chi connectivity index (χ1n) is 6.02. The molecule has 0 aliphatic rings. The smallest absolute Gasteiger partial charge is 0.255 e. The third kappa shape index (κ3) is 3.03. The Kier molecular flexibility index (Phi) is 4.15. The first kappa shape index (κ1) is 14.2. The molecule has 0 heterocycles. The van der Waals surface area contributed by atoms with Crippen molar-refractivity contribution < 1.29 is 9.53 Å². The van der Waals surface area contributed by atoms with Crippen molar-refractivity contribution in [3.63, 3.8) is 0 Å². The van der Waals surface area contributed by atoms with Crippen LogP contribution < -0.4 is 15.8 Å². The standard InChI is InChI=1S/C15H15ClN2O2/c1-9-3-4-10(7-14(9)20-2)15(19)18-11-5-6-13(17)12(16)8-11/h3-8H,17H2,1-2H3,(H,18,19). The highest BCUT2D eigenvalue weighted by Gasteiger charge is 2.09. The minimum Gasteiger partial charge on any atom is -0.496 e. The Morgan fingerprint density at radius 2 is 2.00 bits per heavy atom. The molecule has 3 N–H and O–H groups in total. The molecule has 20 heavy (non-hydrogen) atoms. The Hall–Kier alpha value is -2.20. The Labute approximate surface area is 122 Å². The lowest BCUT2D eigenvalue weighted by Gasteiger charge is -2.09. The highest BCUT2D eigenvalue weighted by Crippen LogP contribution is 2.24. The van der Waals surface area contributed by atoms with E-state index in [1.165, 1.54) is 0 Å². The molecule has 0 spiro atoms. The number of methoxy groups -OCH3 is 1. The summed E-state index contributed by atoms with van der Waals surface area (Å²) in [6, 6.07) is 10.2. The van der Waals surface area contributed by atoms with Gasteiger partial charge in [-0.05, 0) is 42.8 Å². The second-order valence-corrected chi connectivity index (χ2v) is 4.78. The Bertz CT molecular complexity index is 656. The molecule has 0 radical (unpaired) electrons. The van der Waals surface area contributed by atoms with Crippen molar-refractivity contribution in [2.45, 2.75) is 6.92 Å². The largest absolute Gasteiger partial charge is 0.496 e. The fourth-order valence-electron chi connectivity index (χ4n) is 1.77. The summed E-state index contributed by atoms with van der Waals surface area (Å²) in [5.41, 5.74) is 8.18. The summed E-state index contributed by atoms with van der Waals surface area (Å²) >= 11 is 5.92.